The van der Waals surface area contributed by atoms with E-state index >= 15 is 0 Å². The van der Waals surface area contributed by atoms with Gasteiger partial charge < -0.3 is 4.52 Å². The van der Waals surface area contributed by atoms with Crippen molar-refractivity contribution in [3.8, 4) is 11.4 Å². The minimum absolute atomic E-state index is 0.269. The first kappa shape index (κ1) is 15.4. The van der Waals surface area contributed by atoms with Crippen LogP contribution >= 0.6 is 11.8 Å². The van der Waals surface area contributed by atoms with Crippen LogP contribution in [0.3, 0.4) is 0 Å². The van der Waals surface area contributed by atoms with Gasteiger partial charge in [-0.05, 0) is 38.8 Å². The van der Waals surface area contributed by atoms with E-state index < -0.39 is 0 Å². The number of thioether (sulfide) groups is 1. The molecule has 0 aliphatic heterocycles. The van der Waals surface area contributed by atoms with Gasteiger partial charge in [0, 0.05) is 17.4 Å². The second-order valence-electron chi connectivity index (χ2n) is 5.98. The molecule has 2 aromatic heterocycles. The molecular formula is C17H17FN4OS. The number of aromatic nitrogens is 4. The summed E-state index contributed by atoms with van der Waals surface area (Å²) in [5, 5.41) is 13.4. The molecule has 3 aromatic rings. The molecule has 0 unspecified atom stereocenters. The predicted molar refractivity (Wildman–Crippen MR) is 89.2 cm³/mol. The molecule has 1 aromatic carbocycles. The fraction of sp³-hybridized carbons (Fsp3) is 0.353. The molecule has 0 radical (unpaired) electrons. The molecule has 0 saturated heterocycles. The Morgan fingerprint density at radius 1 is 1.25 bits per heavy atom. The zero-order valence-corrected chi connectivity index (χ0v) is 14.3. The lowest BCUT2D eigenvalue weighted by Crippen LogP contribution is -2.01. The van der Waals surface area contributed by atoms with Crippen LogP contribution in [0.15, 0.2) is 33.9 Å². The van der Waals surface area contributed by atoms with E-state index in [0.717, 1.165) is 35.0 Å². The lowest BCUT2D eigenvalue weighted by Gasteiger charge is -2.09. The van der Waals surface area contributed by atoms with Crippen LogP contribution in [0.25, 0.3) is 11.4 Å². The molecule has 2 heterocycles. The Bertz CT molecular complexity index is 865. The minimum atomic E-state index is -0.269. The number of benzene rings is 1. The summed E-state index contributed by atoms with van der Waals surface area (Å²) in [6.07, 6.45) is 2.16. The number of hydrogen-bond donors (Lipinski definition) is 0. The maximum atomic E-state index is 14.2. The molecule has 0 spiro atoms. The second-order valence-corrected chi connectivity index (χ2v) is 6.92. The molecule has 5 nitrogen and oxygen atoms in total. The highest BCUT2D eigenvalue weighted by molar-refractivity contribution is 7.98. The van der Waals surface area contributed by atoms with Crippen LogP contribution in [-0.2, 0) is 5.75 Å². The third kappa shape index (κ3) is 2.73. The molecule has 24 heavy (non-hydrogen) atoms. The van der Waals surface area contributed by atoms with E-state index in [2.05, 4.69) is 19.9 Å². The van der Waals surface area contributed by atoms with Crippen molar-refractivity contribution in [2.45, 2.75) is 43.6 Å². The Hall–Kier alpha value is -2.15. The minimum Gasteiger partial charge on any atom is -0.361 e. The Morgan fingerprint density at radius 3 is 2.71 bits per heavy atom. The molecule has 0 atom stereocenters. The number of halogens is 1. The fourth-order valence-electron chi connectivity index (χ4n) is 2.71. The first-order chi connectivity index (χ1) is 11.6. The van der Waals surface area contributed by atoms with E-state index in [1.54, 1.807) is 23.9 Å². The summed E-state index contributed by atoms with van der Waals surface area (Å²) >= 11 is 1.59. The molecule has 1 saturated carbocycles. The van der Waals surface area contributed by atoms with E-state index in [4.69, 9.17) is 4.52 Å². The third-order valence-corrected chi connectivity index (χ3v) is 5.19. The van der Waals surface area contributed by atoms with Crippen LogP contribution in [0.4, 0.5) is 4.39 Å². The Labute approximate surface area is 143 Å². The summed E-state index contributed by atoms with van der Waals surface area (Å²) in [6, 6.07) is 7.07. The van der Waals surface area contributed by atoms with E-state index in [1.165, 1.54) is 6.07 Å². The largest absolute Gasteiger partial charge is 0.361 e. The van der Waals surface area contributed by atoms with Crippen molar-refractivity contribution >= 4 is 11.8 Å². The third-order valence-electron chi connectivity index (χ3n) is 4.22. The molecule has 0 amide bonds. The van der Waals surface area contributed by atoms with Crippen molar-refractivity contribution in [2.24, 2.45) is 0 Å². The van der Waals surface area contributed by atoms with Crippen LogP contribution in [-0.4, -0.2) is 19.9 Å². The van der Waals surface area contributed by atoms with E-state index in [-0.39, 0.29) is 5.82 Å². The molecular weight excluding hydrogens is 327 g/mol. The Kier molecular flexibility index (Phi) is 3.88. The van der Waals surface area contributed by atoms with Crippen molar-refractivity contribution in [1.29, 1.82) is 0 Å². The molecule has 0 N–H and O–H groups in total. The van der Waals surface area contributed by atoms with Crippen molar-refractivity contribution in [1.82, 2.24) is 19.9 Å². The van der Waals surface area contributed by atoms with Gasteiger partial charge in [0.1, 0.15) is 11.6 Å². The predicted octanol–water partition coefficient (Wildman–Crippen LogP) is 4.32. The average molecular weight is 344 g/mol. The average Bonchev–Trinajstić information content (AvgIpc) is 3.25. The topological polar surface area (TPSA) is 56.7 Å². The van der Waals surface area contributed by atoms with Crippen molar-refractivity contribution < 1.29 is 8.91 Å². The molecule has 0 bridgehead atoms. The fourth-order valence-corrected chi connectivity index (χ4v) is 3.87. The van der Waals surface area contributed by atoms with Gasteiger partial charge in [-0.3, -0.25) is 4.57 Å². The van der Waals surface area contributed by atoms with Gasteiger partial charge in [-0.25, -0.2) is 4.39 Å². The normalized spacial score (nSPS) is 14.3. The molecule has 1 fully saturated rings. The second kappa shape index (κ2) is 6.05. The maximum Gasteiger partial charge on any atom is 0.192 e. The molecule has 7 heteroatoms. The van der Waals surface area contributed by atoms with Gasteiger partial charge in [-0.2, -0.15) is 0 Å². The highest BCUT2D eigenvalue weighted by Crippen LogP contribution is 2.42. The highest BCUT2D eigenvalue weighted by Gasteiger charge is 2.31. The maximum absolute atomic E-state index is 14.2. The summed E-state index contributed by atoms with van der Waals surface area (Å²) < 4.78 is 21.4. The monoisotopic (exact) mass is 344 g/mol. The van der Waals surface area contributed by atoms with Gasteiger partial charge in [0.15, 0.2) is 11.0 Å². The van der Waals surface area contributed by atoms with Gasteiger partial charge in [0.2, 0.25) is 0 Å². The SMILES string of the molecule is Cc1noc(C)c1CSc1nnc(-c2ccccc2F)n1C1CC1. The quantitative estimate of drug-likeness (QED) is 0.645. The summed E-state index contributed by atoms with van der Waals surface area (Å²) in [5.41, 5.74) is 2.48. The lowest BCUT2D eigenvalue weighted by molar-refractivity contribution is 0.392. The Morgan fingerprint density at radius 2 is 2.04 bits per heavy atom. The summed E-state index contributed by atoms with van der Waals surface area (Å²) in [4.78, 5) is 0. The van der Waals surface area contributed by atoms with Crippen LogP contribution in [0.1, 0.15) is 35.9 Å². The Balaban J connectivity index is 1.66. The zero-order valence-electron chi connectivity index (χ0n) is 13.5. The standard InChI is InChI=1S/C17H17FN4OS/c1-10-14(11(2)23-21-10)9-24-17-20-19-16(22(17)12-7-8-12)13-5-3-4-6-15(13)18/h3-6,12H,7-9H2,1-2H3. The van der Waals surface area contributed by atoms with Crippen LogP contribution in [0.2, 0.25) is 0 Å². The van der Waals surface area contributed by atoms with Gasteiger partial charge in [-0.15, -0.1) is 10.2 Å². The summed E-state index contributed by atoms with van der Waals surface area (Å²) in [7, 11) is 0. The van der Waals surface area contributed by atoms with Gasteiger partial charge in [0.25, 0.3) is 0 Å². The van der Waals surface area contributed by atoms with Crippen molar-refractivity contribution in [3.05, 3.63) is 47.1 Å². The number of nitrogens with zero attached hydrogens (tertiary/aromatic N) is 4. The number of rotatable bonds is 5. The summed E-state index contributed by atoms with van der Waals surface area (Å²) in [5.74, 6) is 1.88. The van der Waals surface area contributed by atoms with Crippen molar-refractivity contribution in [2.75, 3.05) is 0 Å². The summed E-state index contributed by atoms with van der Waals surface area (Å²) in [6.45, 7) is 3.84. The van der Waals surface area contributed by atoms with Crippen LogP contribution in [0.5, 0.6) is 0 Å². The smallest absolute Gasteiger partial charge is 0.192 e. The number of aryl methyl sites for hydroxylation is 2. The first-order valence-corrected chi connectivity index (χ1v) is 8.88. The van der Waals surface area contributed by atoms with E-state index in [1.807, 2.05) is 19.9 Å². The van der Waals surface area contributed by atoms with Gasteiger partial charge in [-0.1, -0.05) is 29.1 Å². The molecule has 1 aliphatic rings. The van der Waals surface area contributed by atoms with E-state index in [0.29, 0.717) is 23.2 Å². The molecule has 4 rings (SSSR count). The highest BCUT2D eigenvalue weighted by atomic mass is 32.2. The van der Waals surface area contributed by atoms with Crippen LogP contribution in [0, 0.1) is 19.7 Å². The van der Waals surface area contributed by atoms with Crippen molar-refractivity contribution in [3.63, 3.8) is 0 Å². The zero-order chi connectivity index (χ0) is 16.7. The first-order valence-electron chi connectivity index (χ1n) is 7.89. The molecule has 1 aliphatic carbocycles. The van der Waals surface area contributed by atoms with Gasteiger partial charge >= 0.3 is 0 Å². The van der Waals surface area contributed by atoms with E-state index in [9.17, 15) is 4.39 Å². The molecule has 124 valence electrons. The lowest BCUT2D eigenvalue weighted by atomic mass is 10.2. The van der Waals surface area contributed by atoms with Gasteiger partial charge in [0.05, 0.1) is 11.3 Å². The number of hydrogen-bond acceptors (Lipinski definition) is 5. The van der Waals surface area contributed by atoms with Crippen LogP contribution < -0.4 is 0 Å².